The van der Waals surface area contributed by atoms with Gasteiger partial charge < -0.3 is 13.7 Å². The molecule has 0 unspecified atom stereocenters. The van der Waals surface area contributed by atoms with Crippen LogP contribution >= 0.6 is 0 Å². The third-order valence-electron chi connectivity index (χ3n) is 14.9. The van der Waals surface area contributed by atoms with Gasteiger partial charge >= 0.3 is 0 Å². The van der Waals surface area contributed by atoms with E-state index in [1.165, 1.54) is 55.3 Å². The SMILES string of the molecule is c1ccc(-c2ccccc2N(c2ccc3c(c2)C2(c4ccccc4-c4ccccc42)c2ccccc2-3)c2cccc3c2oc2c(-c4ccc5ccccc5c4)c4c(cc23)oc2ccccc24)cc1. The molecular formula is C65H39NO2. The van der Waals surface area contributed by atoms with E-state index in [0.29, 0.717) is 0 Å². The molecule has 11 aromatic carbocycles. The molecule has 0 aliphatic heterocycles. The van der Waals surface area contributed by atoms with Gasteiger partial charge in [0, 0.05) is 38.4 Å². The quantitative estimate of drug-likeness (QED) is 0.173. The lowest BCUT2D eigenvalue weighted by Crippen LogP contribution is -2.26. The monoisotopic (exact) mass is 865 g/mol. The maximum Gasteiger partial charge on any atom is 0.159 e. The second kappa shape index (κ2) is 14.0. The van der Waals surface area contributed by atoms with Crippen molar-refractivity contribution in [3.05, 3.63) is 259 Å². The van der Waals surface area contributed by atoms with Crippen LogP contribution in [0.25, 0.3) is 99.2 Å². The van der Waals surface area contributed by atoms with Crippen molar-refractivity contribution in [2.45, 2.75) is 5.41 Å². The van der Waals surface area contributed by atoms with Gasteiger partial charge in [0.1, 0.15) is 16.7 Å². The molecular weight excluding hydrogens is 827 g/mol. The fraction of sp³-hybridized carbons (Fsp3) is 0.0154. The zero-order chi connectivity index (χ0) is 44.5. The Hall–Kier alpha value is -8.92. The molecule has 0 N–H and O–H groups in total. The van der Waals surface area contributed by atoms with Crippen LogP contribution in [0, 0.1) is 0 Å². The van der Waals surface area contributed by atoms with Gasteiger partial charge in [-0.2, -0.15) is 0 Å². The van der Waals surface area contributed by atoms with Gasteiger partial charge in [0.15, 0.2) is 5.58 Å². The van der Waals surface area contributed by atoms with E-state index in [4.69, 9.17) is 8.83 Å². The van der Waals surface area contributed by atoms with Crippen molar-refractivity contribution in [2.24, 2.45) is 0 Å². The molecule has 3 heteroatoms. The summed E-state index contributed by atoms with van der Waals surface area (Å²) < 4.78 is 14.2. The molecule has 1 spiro atoms. The van der Waals surface area contributed by atoms with Crippen LogP contribution in [0.15, 0.2) is 245 Å². The van der Waals surface area contributed by atoms with Gasteiger partial charge in [-0.25, -0.2) is 0 Å². The number of furan rings is 2. The van der Waals surface area contributed by atoms with Gasteiger partial charge in [-0.3, -0.25) is 0 Å². The number of nitrogens with zero attached hydrogens (tertiary/aromatic N) is 1. The minimum atomic E-state index is -0.503. The van der Waals surface area contributed by atoms with Gasteiger partial charge in [-0.05, 0) is 109 Å². The molecule has 15 rings (SSSR count). The van der Waals surface area contributed by atoms with E-state index < -0.39 is 5.41 Å². The Kier molecular flexibility index (Phi) is 7.71. The van der Waals surface area contributed by atoms with Crippen LogP contribution in [0.3, 0.4) is 0 Å². The highest BCUT2D eigenvalue weighted by molar-refractivity contribution is 6.25. The number of hydrogen-bond acceptors (Lipinski definition) is 3. The lowest BCUT2D eigenvalue weighted by Gasteiger charge is -2.32. The first-order valence-electron chi connectivity index (χ1n) is 23.4. The highest BCUT2D eigenvalue weighted by Crippen LogP contribution is 2.63. The van der Waals surface area contributed by atoms with Crippen molar-refractivity contribution in [1.82, 2.24) is 0 Å². The number of para-hydroxylation sites is 3. The average molecular weight is 866 g/mol. The van der Waals surface area contributed by atoms with Crippen LogP contribution in [-0.2, 0) is 5.41 Å². The number of benzene rings is 11. The Bertz CT molecular complexity index is 4170. The van der Waals surface area contributed by atoms with E-state index >= 15 is 0 Å². The summed E-state index contributed by atoms with van der Waals surface area (Å²) in [4.78, 5) is 2.44. The summed E-state index contributed by atoms with van der Waals surface area (Å²) in [5.74, 6) is 0. The molecule has 2 aromatic heterocycles. The largest absolute Gasteiger partial charge is 0.456 e. The van der Waals surface area contributed by atoms with E-state index in [1.807, 2.05) is 6.07 Å². The lowest BCUT2D eigenvalue weighted by molar-refractivity contribution is 0.665. The van der Waals surface area contributed by atoms with Crippen molar-refractivity contribution >= 4 is 71.7 Å². The smallest absolute Gasteiger partial charge is 0.159 e. The summed E-state index contributed by atoms with van der Waals surface area (Å²) in [6.45, 7) is 0. The van der Waals surface area contributed by atoms with Gasteiger partial charge in [-0.1, -0.05) is 194 Å². The lowest BCUT2D eigenvalue weighted by atomic mass is 9.70. The first kappa shape index (κ1) is 37.3. The Morgan fingerprint density at radius 2 is 0.926 bits per heavy atom. The second-order valence-corrected chi connectivity index (χ2v) is 18.3. The summed E-state index contributed by atoms with van der Waals surface area (Å²) in [6, 6.07) is 86.1. The van der Waals surface area contributed by atoms with E-state index in [9.17, 15) is 0 Å². The summed E-state index contributed by atoms with van der Waals surface area (Å²) >= 11 is 0. The third kappa shape index (κ3) is 5.02. The molecule has 0 saturated carbocycles. The summed E-state index contributed by atoms with van der Waals surface area (Å²) in [7, 11) is 0. The standard InChI is InChI=1S/C65H39NO2/c1-2-18-41(19-3-1)45-21-9-14-30-57(45)66(44-35-36-49-48-24-8-13-29-55(48)65(56(49)38-44)53-27-11-6-22-46(53)47-23-7-12-28-54(47)65)58-31-16-26-50-52-39-60-62(51-25-10-15-32-59(51)67-60)61(64(52)68-63(50)58)43-34-33-40-17-4-5-20-42(40)37-43/h1-39H. The molecule has 2 heterocycles. The van der Waals surface area contributed by atoms with Crippen LogP contribution in [0.2, 0.25) is 0 Å². The van der Waals surface area contributed by atoms with Crippen LogP contribution in [0.5, 0.6) is 0 Å². The highest BCUT2D eigenvalue weighted by Gasteiger charge is 2.51. The summed E-state index contributed by atoms with van der Waals surface area (Å²) in [5.41, 5.74) is 20.6. The van der Waals surface area contributed by atoms with Crippen LogP contribution in [0.4, 0.5) is 17.1 Å². The molecule has 2 aliphatic rings. The summed E-state index contributed by atoms with van der Waals surface area (Å²) in [6.07, 6.45) is 0. The van der Waals surface area contributed by atoms with Gasteiger partial charge in [0.05, 0.1) is 16.8 Å². The highest BCUT2D eigenvalue weighted by atomic mass is 16.3. The van der Waals surface area contributed by atoms with Crippen molar-refractivity contribution in [2.75, 3.05) is 4.90 Å². The Morgan fingerprint density at radius 1 is 0.324 bits per heavy atom. The topological polar surface area (TPSA) is 29.5 Å². The van der Waals surface area contributed by atoms with Crippen LogP contribution in [-0.4, -0.2) is 0 Å². The molecule has 0 radical (unpaired) electrons. The molecule has 2 aliphatic carbocycles. The fourth-order valence-electron chi connectivity index (χ4n) is 12.1. The molecule has 0 fully saturated rings. The zero-order valence-electron chi connectivity index (χ0n) is 36.8. The fourth-order valence-corrected chi connectivity index (χ4v) is 12.1. The van der Waals surface area contributed by atoms with Gasteiger partial charge in [-0.15, -0.1) is 0 Å². The van der Waals surface area contributed by atoms with Crippen LogP contribution in [0.1, 0.15) is 22.3 Å². The van der Waals surface area contributed by atoms with E-state index in [-0.39, 0.29) is 0 Å². The molecule has 316 valence electrons. The van der Waals surface area contributed by atoms with Crippen molar-refractivity contribution in [3.63, 3.8) is 0 Å². The van der Waals surface area contributed by atoms with Crippen LogP contribution < -0.4 is 4.90 Å². The predicted molar refractivity (Wildman–Crippen MR) is 280 cm³/mol. The number of fused-ring (bicyclic) bond motifs is 17. The molecule has 0 atom stereocenters. The summed E-state index contributed by atoms with van der Waals surface area (Å²) in [5, 5.41) is 6.52. The Morgan fingerprint density at radius 3 is 1.69 bits per heavy atom. The van der Waals surface area contributed by atoms with Crippen molar-refractivity contribution in [1.29, 1.82) is 0 Å². The van der Waals surface area contributed by atoms with Crippen molar-refractivity contribution in [3.8, 4) is 44.5 Å². The number of anilines is 3. The maximum absolute atomic E-state index is 7.52. The van der Waals surface area contributed by atoms with E-state index in [0.717, 1.165) is 83.2 Å². The Labute approximate surface area is 392 Å². The molecule has 0 amide bonds. The normalized spacial score (nSPS) is 13.1. The minimum absolute atomic E-state index is 0.503. The number of hydrogen-bond donors (Lipinski definition) is 0. The molecule has 0 saturated heterocycles. The average Bonchev–Trinajstić information content (AvgIpc) is 4.14. The van der Waals surface area contributed by atoms with E-state index in [1.54, 1.807) is 0 Å². The minimum Gasteiger partial charge on any atom is -0.456 e. The Balaban J connectivity index is 1.04. The maximum atomic E-state index is 7.52. The predicted octanol–water partition coefficient (Wildman–Crippen LogP) is 17.8. The second-order valence-electron chi connectivity index (χ2n) is 18.3. The first-order chi connectivity index (χ1) is 33.7. The molecule has 68 heavy (non-hydrogen) atoms. The molecule has 0 bridgehead atoms. The van der Waals surface area contributed by atoms with E-state index in [2.05, 4.69) is 235 Å². The zero-order valence-corrected chi connectivity index (χ0v) is 36.8. The molecule has 13 aromatic rings. The van der Waals surface area contributed by atoms with Gasteiger partial charge in [0.25, 0.3) is 0 Å². The van der Waals surface area contributed by atoms with Gasteiger partial charge in [0.2, 0.25) is 0 Å². The third-order valence-corrected chi connectivity index (χ3v) is 14.9. The first-order valence-corrected chi connectivity index (χ1v) is 23.4. The molecule has 3 nitrogen and oxygen atoms in total. The van der Waals surface area contributed by atoms with Crippen molar-refractivity contribution < 1.29 is 8.83 Å². The number of rotatable bonds is 5.